The molecule has 1 N–H and O–H groups in total. The lowest BCUT2D eigenvalue weighted by atomic mass is 10.0. The Balaban J connectivity index is 1.30. The standard InChI is InChI=1S/C22H25NO4/c1-26-21-4-2-3-5-22(21)27-19-10-16-12-23(13-17(16)11-19)14-20(25)15-6-8-18(24)9-7-15/h2-9,16-17,19,24H,10-14H2,1H3/t16-,17+,19?. The third kappa shape index (κ3) is 3.93. The largest absolute Gasteiger partial charge is 0.508 e. The minimum atomic E-state index is 0.108. The van der Waals surface area contributed by atoms with Gasteiger partial charge in [-0.25, -0.2) is 0 Å². The van der Waals surface area contributed by atoms with Crippen molar-refractivity contribution in [2.75, 3.05) is 26.7 Å². The smallest absolute Gasteiger partial charge is 0.176 e. The van der Waals surface area contributed by atoms with Gasteiger partial charge in [-0.2, -0.15) is 0 Å². The maximum absolute atomic E-state index is 12.4. The number of aromatic hydroxyl groups is 1. The number of nitrogens with zero attached hydrogens (tertiary/aromatic N) is 1. The number of phenolic OH excluding ortho intramolecular Hbond substituents is 1. The highest BCUT2D eigenvalue weighted by molar-refractivity contribution is 5.97. The molecule has 0 radical (unpaired) electrons. The summed E-state index contributed by atoms with van der Waals surface area (Å²) >= 11 is 0. The molecule has 0 spiro atoms. The number of Topliss-reactive ketones (excluding diaryl/α,β-unsaturated/α-hetero) is 1. The Kier molecular flexibility index (Phi) is 5.03. The molecule has 2 aromatic rings. The van der Waals surface area contributed by atoms with Gasteiger partial charge in [-0.15, -0.1) is 0 Å². The van der Waals surface area contributed by atoms with Crippen molar-refractivity contribution in [1.29, 1.82) is 0 Å². The van der Waals surface area contributed by atoms with Crippen LogP contribution in [-0.2, 0) is 0 Å². The molecule has 5 nitrogen and oxygen atoms in total. The van der Waals surface area contributed by atoms with Gasteiger partial charge in [-0.1, -0.05) is 12.1 Å². The molecule has 1 unspecified atom stereocenters. The number of rotatable bonds is 6. The van der Waals surface area contributed by atoms with E-state index in [0.717, 1.165) is 37.4 Å². The van der Waals surface area contributed by atoms with Gasteiger partial charge in [0.05, 0.1) is 19.8 Å². The van der Waals surface area contributed by atoms with Crippen LogP contribution in [0.5, 0.6) is 17.2 Å². The van der Waals surface area contributed by atoms with Crippen molar-refractivity contribution in [3.63, 3.8) is 0 Å². The van der Waals surface area contributed by atoms with Crippen LogP contribution in [0.4, 0.5) is 0 Å². The number of hydrogen-bond donors (Lipinski definition) is 1. The number of likely N-dealkylation sites (tertiary alicyclic amines) is 1. The summed E-state index contributed by atoms with van der Waals surface area (Å²) in [7, 11) is 1.66. The van der Waals surface area contributed by atoms with E-state index in [1.807, 2.05) is 24.3 Å². The molecule has 1 aliphatic heterocycles. The zero-order valence-electron chi connectivity index (χ0n) is 15.5. The summed E-state index contributed by atoms with van der Waals surface area (Å²) in [4.78, 5) is 14.7. The number of ether oxygens (including phenoxy) is 2. The normalized spacial score (nSPS) is 24.6. The SMILES string of the molecule is COc1ccccc1OC1C[C@@H]2CN(CC(=O)c3ccc(O)cc3)C[C@@H]2C1. The summed E-state index contributed by atoms with van der Waals surface area (Å²) in [5, 5.41) is 9.35. The zero-order chi connectivity index (χ0) is 18.8. The predicted octanol–water partition coefficient (Wildman–Crippen LogP) is 3.37. The van der Waals surface area contributed by atoms with Crippen LogP contribution in [0, 0.1) is 11.8 Å². The van der Waals surface area contributed by atoms with Crippen molar-refractivity contribution in [3.05, 3.63) is 54.1 Å². The molecule has 27 heavy (non-hydrogen) atoms. The Morgan fingerprint density at radius 1 is 1.04 bits per heavy atom. The lowest BCUT2D eigenvalue weighted by molar-refractivity contribution is 0.0936. The van der Waals surface area contributed by atoms with Crippen LogP contribution in [0.3, 0.4) is 0 Å². The van der Waals surface area contributed by atoms with E-state index in [4.69, 9.17) is 9.47 Å². The van der Waals surface area contributed by atoms with Crippen molar-refractivity contribution in [2.45, 2.75) is 18.9 Å². The van der Waals surface area contributed by atoms with Crippen LogP contribution in [-0.4, -0.2) is 48.6 Å². The minimum absolute atomic E-state index is 0.108. The van der Waals surface area contributed by atoms with E-state index < -0.39 is 0 Å². The quantitative estimate of drug-likeness (QED) is 0.794. The van der Waals surface area contributed by atoms with Crippen LogP contribution < -0.4 is 9.47 Å². The summed E-state index contributed by atoms with van der Waals surface area (Å²) < 4.78 is 11.6. The Bertz CT molecular complexity index is 790. The van der Waals surface area contributed by atoms with Crippen LogP contribution in [0.25, 0.3) is 0 Å². The molecule has 1 aliphatic carbocycles. The molecular weight excluding hydrogens is 342 g/mol. The van der Waals surface area contributed by atoms with Gasteiger partial charge in [-0.3, -0.25) is 9.69 Å². The topological polar surface area (TPSA) is 59.0 Å². The summed E-state index contributed by atoms with van der Waals surface area (Å²) in [5.74, 6) is 3.04. The third-order valence-corrected chi connectivity index (χ3v) is 5.70. The van der Waals surface area contributed by atoms with Crippen molar-refractivity contribution < 1.29 is 19.4 Å². The number of phenols is 1. The monoisotopic (exact) mass is 367 g/mol. The van der Waals surface area contributed by atoms with Crippen LogP contribution in [0.1, 0.15) is 23.2 Å². The van der Waals surface area contributed by atoms with Crippen molar-refractivity contribution >= 4 is 5.78 Å². The van der Waals surface area contributed by atoms with E-state index in [1.54, 1.807) is 31.4 Å². The van der Waals surface area contributed by atoms with Crippen LogP contribution in [0.15, 0.2) is 48.5 Å². The molecule has 0 bridgehead atoms. The van der Waals surface area contributed by atoms with Gasteiger partial charge >= 0.3 is 0 Å². The Morgan fingerprint density at radius 3 is 2.30 bits per heavy atom. The predicted molar refractivity (Wildman–Crippen MR) is 103 cm³/mol. The molecule has 1 heterocycles. The van der Waals surface area contributed by atoms with Gasteiger partial charge in [-0.05, 0) is 61.1 Å². The first-order valence-electron chi connectivity index (χ1n) is 9.46. The first kappa shape index (κ1) is 17.9. The minimum Gasteiger partial charge on any atom is -0.508 e. The number of ketones is 1. The fourth-order valence-electron chi connectivity index (χ4n) is 4.40. The number of para-hydroxylation sites is 2. The molecule has 2 fully saturated rings. The summed E-state index contributed by atoms with van der Waals surface area (Å²) in [6.07, 6.45) is 2.26. The molecule has 1 saturated carbocycles. The Morgan fingerprint density at radius 2 is 1.67 bits per heavy atom. The highest BCUT2D eigenvalue weighted by atomic mass is 16.5. The summed E-state index contributed by atoms with van der Waals surface area (Å²) in [6, 6.07) is 14.3. The second-order valence-electron chi connectivity index (χ2n) is 7.55. The maximum atomic E-state index is 12.4. The zero-order valence-corrected chi connectivity index (χ0v) is 15.5. The highest BCUT2D eigenvalue weighted by Crippen LogP contribution is 2.41. The summed E-state index contributed by atoms with van der Waals surface area (Å²) in [6.45, 7) is 2.33. The fraction of sp³-hybridized carbons (Fsp3) is 0.409. The molecule has 2 aliphatic rings. The van der Waals surface area contributed by atoms with E-state index in [0.29, 0.717) is 23.9 Å². The molecule has 142 valence electrons. The van der Waals surface area contributed by atoms with Gasteiger partial charge < -0.3 is 14.6 Å². The fourth-order valence-corrected chi connectivity index (χ4v) is 4.40. The number of hydrogen-bond acceptors (Lipinski definition) is 5. The Labute approximate surface area is 159 Å². The number of carbonyl (C=O) groups is 1. The molecule has 5 heteroatoms. The lowest BCUT2D eigenvalue weighted by Gasteiger charge is -2.20. The molecule has 4 rings (SSSR count). The average Bonchev–Trinajstić information content (AvgIpc) is 3.20. The molecule has 2 aromatic carbocycles. The third-order valence-electron chi connectivity index (χ3n) is 5.70. The Hall–Kier alpha value is -2.53. The molecular formula is C22H25NO4. The summed E-state index contributed by atoms with van der Waals surface area (Å²) in [5.41, 5.74) is 0.655. The first-order chi connectivity index (χ1) is 13.1. The highest BCUT2D eigenvalue weighted by Gasteiger charge is 2.42. The maximum Gasteiger partial charge on any atom is 0.176 e. The van der Waals surface area contributed by atoms with Gasteiger partial charge in [0.2, 0.25) is 0 Å². The second-order valence-corrected chi connectivity index (χ2v) is 7.55. The molecule has 0 aromatic heterocycles. The second kappa shape index (κ2) is 7.61. The first-order valence-corrected chi connectivity index (χ1v) is 9.46. The van der Waals surface area contributed by atoms with Crippen LogP contribution in [0.2, 0.25) is 0 Å². The number of benzene rings is 2. The van der Waals surface area contributed by atoms with Crippen molar-refractivity contribution in [1.82, 2.24) is 4.90 Å². The van der Waals surface area contributed by atoms with Gasteiger partial charge in [0.25, 0.3) is 0 Å². The van der Waals surface area contributed by atoms with Crippen molar-refractivity contribution in [2.24, 2.45) is 11.8 Å². The van der Waals surface area contributed by atoms with Crippen molar-refractivity contribution in [3.8, 4) is 17.2 Å². The number of methoxy groups -OCH3 is 1. The van der Waals surface area contributed by atoms with E-state index in [-0.39, 0.29) is 17.6 Å². The van der Waals surface area contributed by atoms with E-state index in [1.165, 1.54) is 0 Å². The number of carbonyl (C=O) groups excluding carboxylic acids is 1. The molecule has 0 amide bonds. The lowest BCUT2D eigenvalue weighted by Crippen LogP contribution is -2.30. The van der Waals surface area contributed by atoms with Gasteiger partial charge in [0, 0.05) is 18.7 Å². The van der Waals surface area contributed by atoms with Crippen LogP contribution >= 0.6 is 0 Å². The average molecular weight is 367 g/mol. The van der Waals surface area contributed by atoms with Gasteiger partial charge in [0.1, 0.15) is 5.75 Å². The van der Waals surface area contributed by atoms with E-state index in [2.05, 4.69) is 4.90 Å². The van der Waals surface area contributed by atoms with Gasteiger partial charge in [0.15, 0.2) is 17.3 Å². The molecule has 3 atom stereocenters. The number of fused-ring (bicyclic) bond motifs is 1. The van der Waals surface area contributed by atoms with E-state index in [9.17, 15) is 9.90 Å². The van der Waals surface area contributed by atoms with E-state index >= 15 is 0 Å². The molecule has 1 saturated heterocycles.